The first-order valence-electron chi connectivity index (χ1n) is 7.93. The van der Waals surface area contributed by atoms with Crippen molar-refractivity contribution in [3.05, 3.63) is 81.9 Å². The Balaban J connectivity index is 1.94. The second-order valence-corrected chi connectivity index (χ2v) is 5.41. The van der Waals surface area contributed by atoms with Crippen LogP contribution in [0.5, 0.6) is 0 Å². The summed E-state index contributed by atoms with van der Waals surface area (Å²) in [5.74, 6) is -0.103. The largest absolute Gasteiger partial charge is 0.337 e. The number of carbonyl (C=O) groups excluding carboxylic acids is 1. The van der Waals surface area contributed by atoms with E-state index in [0.717, 1.165) is 12.8 Å². The molecule has 0 aliphatic heterocycles. The van der Waals surface area contributed by atoms with Gasteiger partial charge in [0.1, 0.15) is 0 Å². The SMILES string of the molecule is O=C(c1ccccc1)N(CCCc1ccccc1)CCN[N+](=O)[O-]. The Bertz CT molecular complexity index is 647. The standard InChI is InChI=1S/C18H21N3O3/c22-18(17-11-5-2-6-12-17)20(15-13-19-21(23)24)14-7-10-16-8-3-1-4-9-16/h1-6,8-9,11-12,19H,7,10,13-15H2. The van der Waals surface area contributed by atoms with E-state index in [0.29, 0.717) is 18.7 Å². The quantitative estimate of drug-likeness (QED) is 0.567. The number of aryl methyl sites for hydroxylation is 1. The van der Waals surface area contributed by atoms with Crippen molar-refractivity contribution in [1.29, 1.82) is 0 Å². The van der Waals surface area contributed by atoms with Crippen LogP contribution in [0.2, 0.25) is 0 Å². The van der Waals surface area contributed by atoms with Gasteiger partial charge < -0.3 is 4.90 Å². The van der Waals surface area contributed by atoms with Gasteiger partial charge in [-0.25, -0.2) is 10.1 Å². The summed E-state index contributed by atoms with van der Waals surface area (Å²) in [6.07, 6.45) is 1.67. The Hall–Kier alpha value is -2.89. The van der Waals surface area contributed by atoms with Crippen molar-refractivity contribution < 1.29 is 9.83 Å². The van der Waals surface area contributed by atoms with E-state index in [1.54, 1.807) is 17.0 Å². The van der Waals surface area contributed by atoms with Crippen molar-refractivity contribution in [3.8, 4) is 0 Å². The molecule has 0 aromatic heterocycles. The van der Waals surface area contributed by atoms with Crippen molar-refractivity contribution in [2.45, 2.75) is 12.8 Å². The van der Waals surface area contributed by atoms with Gasteiger partial charge in [0.15, 0.2) is 5.03 Å². The molecule has 1 amide bonds. The monoisotopic (exact) mass is 327 g/mol. The molecule has 24 heavy (non-hydrogen) atoms. The van der Waals surface area contributed by atoms with Crippen LogP contribution in [-0.2, 0) is 6.42 Å². The van der Waals surface area contributed by atoms with Crippen molar-refractivity contribution in [1.82, 2.24) is 10.3 Å². The highest BCUT2D eigenvalue weighted by atomic mass is 16.7. The third-order valence-electron chi connectivity index (χ3n) is 3.67. The second-order valence-electron chi connectivity index (χ2n) is 5.41. The van der Waals surface area contributed by atoms with Crippen LogP contribution < -0.4 is 5.43 Å². The Morgan fingerprint density at radius 3 is 2.25 bits per heavy atom. The van der Waals surface area contributed by atoms with Gasteiger partial charge >= 0.3 is 0 Å². The van der Waals surface area contributed by atoms with Gasteiger partial charge in [0.2, 0.25) is 0 Å². The number of amides is 1. The first kappa shape index (κ1) is 17.5. The minimum absolute atomic E-state index is 0.103. The predicted molar refractivity (Wildman–Crippen MR) is 92.1 cm³/mol. The van der Waals surface area contributed by atoms with Gasteiger partial charge in [-0.15, -0.1) is 5.43 Å². The molecular weight excluding hydrogens is 306 g/mol. The summed E-state index contributed by atoms with van der Waals surface area (Å²) in [5.41, 5.74) is 3.93. The summed E-state index contributed by atoms with van der Waals surface area (Å²) in [5, 5.41) is 9.82. The number of rotatable bonds is 9. The molecule has 0 atom stereocenters. The van der Waals surface area contributed by atoms with Crippen LogP contribution in [0.25, 0.3) is 0 Å². The molecule has 0 radical (unpaired) electrons. The average Bonchev–Trinajstić information content (AvgIpc) is 2.61. The van der Waals surface area contributed by atoms with Gasteiger partial charge in [-0.3, -0.25) is 4.79 Å². The van der Waals surface area contributed by atoms with Crippen LogP contribution in [0.1, 0.15) is 22.3 Å². The van der Waals surface area contributed by atoms with Crippen molar-refractivity contribution in [3.63, 3.8) is 0 Å². The molecule has 2 aromatic rings. The Morgan fingerprint density at radius 2 is 1.62 bits per heavy atom. The van der Waals surface area contributed by atoms with Crippen LogP contribution in [0, 0.1) is 10.1 Å². The van der Waals surface area contributed by atoms with E-state index in [4.69, 9.17) is 0 Å². The van der Waals surface area contributed by atoms with Gasteiger partial charge in [0, 0.05) is 18.7 Å². The molecule has 0 heterocycles. The fourth-order valence-corrected chi connectivity index (χ4v) is 2.47. The van der Waals surface area contributed by atoms with Crippen LogP contribution in [-0.4, -0.2) is 35.5 Å². The maximum atomic E-state index is 12.6. The van der Waals surface area contributed by atoms with E-state index in [-0.39, 0.29) is 12.5 Å². The van der Waals surface area contributed by atoms with Crippen LogP contribution in [0.3, 0.4) is 0 Å². The van der Waals surface area contributed by atoms with Crippen LogP contribution in [0.15, 0.2) is 60.7 Å². The summed E-state index contributed by atoms with van der Waals surface area (Å²) < 4.78 is 0. The second kappa shape index (κ2) is 9.29. The number of benzene rings is 2. The van der Waals surface area contributed by atoms with Gasteiger partial charge in [-0.1, -0.05) is 48.5 Å². The summed E-state index contributed by atoms with van der Waals surface area (Å²) in [7, 11) is 0. The molecular formula is C18H21N3O3. The third kappa shape index (κ3) is 5.72. The zero-order chi connectivity index (χ0) is 17.2. The maximum Gasteiger partial charge on any atom is 0.253 e. The van der Waals surface area contributed by atoms with Crippen LogP contribution >= 0.6 is 0 Å². The lowest BCUT2D eigenvalue weighted by Crippen LogP contribution is -2.39. The summed E-state index contributed by atoms with van der Waals surface area (Å²) in [6.45, 7) is 0.975. The molecule has 126 valence electrons. The molecule has 2 rings (SSSR count). The number of hydrogen-bond donors (Lipinski definition) is 1. The lowest BCUT2D eigenvalue weighted by molar-refractivity contribution is -0.544. The predicted octanol–water partition coefficient (Wildman–Crippen LogP) is 2.54. The van der Waals surface area contributed by atoms with E-state index in [1.165, 1.54) is 5.56 Å². The number of hydrazine groups is 1. The molecule has 6 heteroatoms. The van der Waals surface area contributed by atoms with E-state index in [1.807, 2.05) is 36.4 Å². The van der Waals surface area contributed by atoms with Gasteiger partial charge in [0.05, 0.1) is 6.54 Å². The summed E-state index contributed by atoms with van der Waals surface area (Å²) in [4.78, 5) is 24.7. The number of nitrogens with one attached hydrogen (secondary N) is 1. The molecule has 1 N–H and O–H groups in total. The van der Waals surface area contributed by atoms with Gasteiger partial charge in [-0.05, 0) is 30.5 Å². The van der Waals surface area contributed by atoms with E-state index >= 15 is 0 Å². The highest BCUT2D eigenvalue weighted by Gasteiger charge is 2.15. The van der Waals surface area contributed by atoms with Gasteiger partial charge in [-0.2, -0.15) is 0 Å². The topological polar surface area (TPSA) is 75.5 Å². The molecule has 0 unspecified atom stereocenters. The Kier molecular flexibility index (Phi) is 6.76. The lowest BCUT2D eigenvalue weighted by Gasteiger charge is -2.22. The summed E-state index contributed by atoms with van der Waals surface area (Å²) >= 11 is 0. The molecule has 0 fully saturated rings. The fourth-order valence-electron chi connectivity index (χ4n) is 2.47. The number of carbonyl (C=O) groups is 1. The third-order valence-corrected chi connectivity index (χ3v) is 3.67. The first-order chi connectivity index (χ1) is 11.7. The highest BCUT2D eigenvalue weighted by molar-refractivity contribution is 5.94. The molecule has 2 aromatic carbocycles. The van der Waals surface area contributed by atoms with Gasteiger partial charge in [0.25, 0.3) is 5.91 Å². The van der Waals surface area contributed by atoms with Crippen molar-refractivity contribution in [2.24, 2.45) is 0 Å². The normalized spacial score (nSPS) is 10.2. The lowest BCUT2D eigenvalue weighted by atomic mass is 10.1. The molecule has 6 nitrogen and oxygen atoms in total. The number of nitro groups is 1. The summed E-state index contributed by atoms with van der Waals surface area (Å²) in [6, 6.07) is 19.0. The maximum absolute atomic E-state index is 12.6. The average molecular weight is 327 g/mol. The molecule has 0 aliphatic rings. The molecule has 0 bridgehead atoms. The molecule has 0 aliphatic carbocycles. The zero-order valence-corrected chi connectivity index (χ0v) is 13.4. The number of nitrogens with zero attached hydrogens (tertiary/aromatic N) is 2. The minimum atomic E-state index is -0.588. The zero-order valence-electron chi connectivity index (χ0n) is 13.4. The number of hydrogen-bond acceptors (Lipinski definition) is 3. The molecule has 0 saturated carbocycles. The van der Waals surface area contributed by atoms with E-state index < -0.39 is 5.03 Å². The molecule has 0 saturated heterocycles. The minimum Gasteiger partial charge on any atom is -0.337 e. The van der Waals surface area contributed by atoms with Crippen LogP contribution in [0.4, 0.5) is 0 Å². The smallest absolute Gasteiger partial charge is 0.253 e. The molecule has 0 spiro atoms. The first-order valence-corrected chi connectivity index (χ1v) is 7.93. The Morgan fingerprint density at radius 1 is 1.00 bits per heavy atom. The fraction of sp³-hybridized carbons (Fsp3) is 0.278. The van der Waals surface area contributed by atoms with E-state index in [9.17, 15) is 14.9 Å². The van der Waals surface area contributed by atoms with Crippen molar-refractivity contribution >= 4 is 5.91 Å². The highest BCUT2D eigenvalue weighted by Crippen LogP contribution is 2.08. The Labute approximate surface area is 141 Å². The van der Waals surface area contributed by atoms with Crippen molar-refractivity contribution in [2.75, 3.05) is 19.6 Å². The van der Waals surface area contributed by atoms with E-state index in [2.05, 4.69) is 17.6 Å².